The van der Waals surface area contributed by atoms with Gasteiger partial charge in [-0.3, -0.25) is 9.59 Å². The van der Waals surface area contributed by atoms with Gasteiger partial charge in [0.2, 0.25) is 0 Å². The number of carbonyl (C=O) groups is 2. The second-order valence-corrected chi connectivity index (χ2v) is 4.23. The molecule has 0 saturated heterocycles. The van der Waals surface area contributed by atoms with Crippen molar-refractivity contribution in [2.45, 2.75) is 39.8 Å². The van der Waals surface area contributed by atoms with Crippen LogP contribution in [0.1, 0.15) is 33.6 Å². The summed E-state index contributed by atoms with van der Waals surface area (Å²) in [6, 6.07) is 0. The first-order valence-electron chi connectivity index (χ1n) is 5.94. The second kappa shape index (κ2) is 6.06. The number of primary amides is 1. The molecule has 0 aliphatic heterocycles. The Bertz CT molecular complexity index is 469. The van der Waals surface area contributed by atoms with Crippen LogP contribution in [0.25, 0.3) is 0 Å². The maximum absolute atomic E-state index is 12.6. The van der Waals surface area contributed by atoms with Gasteiger partial charge in [0, 0.05) is 0 Å². The molecule has 1 rings (SSSR count). The molecular formula is C12H17F3N2O3. The van der Waals surface area contributed by atoms with E-state index in [0.717, 1.165) is 6.92 Å². The molecule has 1 unspecified atom stereocenters. The number of allylic oxidation sites excluding steroid dienone is 1. The molecule has 0 heterocycles. The number of alkyl halides is 3. The molecule has 8 heteroatoms. The molecule has 0 aromatic carbocycles. The third-order valence-corrected chi connectivity index (χ3v) is 3.03. The minimum atomic E-state index is -4.99. The number of rotatable bonds is 2. The van der Waals surface area contributed by atoms with Crippen LogP contribution in [0.3, 0.4) is 0 Å². The molecule has 1 amide bonds. The zero-order valence-electron chi connectivity index (χ0n) is 11.4. The van der Waals surface area contributed by atoms with Crippen molar-refractivity contribution in [3.8, 4) is 0 Å². The molecule has 0 bridgehead atoms. The maximum Gasteiger partial charge on any atom is 0.422 e. The van der Waals surface area contributed by atoms with Crippen LogP contribution in [0.15, 0.2) is 11.1 Å². The lowest BCUT2D eigenvalue weighted by atomic mass is 9.86. The van der Waals surface area contributed by atoms with Crippen LogP contribution in [-0.2, 0) is 9.59 Å². The summed E-state index contributed by atoms with van der Waals surface area (Å²) in [4.78, 5) is 21.8. The second-order valence-electron chi connectivity index (χ2n) is 4.23. The minimum absolute atomic E-state index is 0.163. The molecule has 4 N–H and O–H groups in total. The predicted molar refractivity (Wildman–Crippen MR) is 66.3 cm³/mol. The molecule has 0 aromatic rings. The number of aliphatic carboxylic acids is 1. The Morgan fingerprint density at radius 1 is 1.35 bits per heavy atom. The Balaban J connectivity index is 0.00000172. The van der Waals surface area contributed by atoms with Gasteiger partial charge in [-0.05, 0) is 25.3 Å². The highest BCUT2D eigenvalue weighted by Gasteiger charge is 2.50. The highest BCUT2D eigenvalue weighted by Crippen LogP contribution is 2.42. The molecule has 0 spiro atoms. The van der Waals surface area contributed by atoms with Crippen LogP contribution in [0, 0.1) is 10.8 Å². The summed E-state index contributed by atoms with van der Waals surface area (Å²) in [7, 11) is 0. The number of nitrogens with one attached hydrogen (secondary N) is 1. The Labute approximate surface area is 114 Å². The van der Waals surface area contributed by atoms with Crippen LogP contribution in [0.5, 0.6) is 0 Å². The fourth-order valence-electron chi connectivity index (χ4n) is 1.88. The maximum atomic E-state index is 12.6. The van der Waals surface area contributed by atoms with Crippen molar-refractivity contribution in [1.82, 2.24) is 0 Å². The van der Waals surface area contributed by atoms with E-state index in [-0.39, 0.29) is 12.8 Å². The van der Waals surface area contributed by atoms with E-state index in [0.29, 0.717) is 0 Å². The quantitative estimate of drug-likeness (QED) is 0.680. The Kier molecular flexibility index (Phi) is 5.50. The zero-order chi connectivity index (χ0) is 16.3. The zero-order valence-corrected chi connectivity index (χ0v) is 11.4. The third-order valence-electron chi connectivity index (χ3n) is 3.03. The van der Waals surface area contributed by atoms with Gasteiger partial charge in [-0.1, -0.05) is 13.8 Å². The number of halogens is 3. The summed E-state index contributed by atoms with van der Waals surface area (Å²) >= 11 is 0. The van der Waals surface area contributed by atoms with Crippen LogP contribution in [0.4, 0.5) is 13.2 Å². The number of carboxylic acid groups (broad SMARTS) is 1. The topological polar surface area (TPSA) is 104 Å². The first kappa shape index (κ1) is 18.1. The smallest absolute Gasteiger partial charge is 0.422 e. The first-order valence-corrected chi connectivity index (χ1v) is 5.94. The molecule has 5 nitrogen and oxygen atoms in total. The first-order chi connectivity index (χ1) is 9.01. The van der Waals surface area contributed by atoms with Crippen molar-refractivity contribution in [3.63, 3.8) is 0 Å². The largest absolute Gasteiger partial charge is 0.481 e. The molecule has 1 saturated carbocycles. The van der Waals surface area contributed by atoms with Gasteiger partial charge in [0.05, 0.1) is 5.71 Å². The van der Waals surface area contributed by atoms with E-state index in [1.54, 1.807) is 0 Å². The fourth-order valence-corrected chi connectivity index (χ4v) is 1.88. The van der Waals surface area contributed by atoms with Gasteiger partial charge in [0.15, 0.2) is 0 Å². The number of hydrogen-bond acceptors (Lipinski definition) is 3. The summed E-state index contributed by atoms with van der Waals surface area (Å²) < 4.78 is 37.9. The molecule has 0 aromatic heterocycles. The van der Waals surface area contributed by atoms with Crippen LogP contribution in [0.2, 0.25) is 0 Å². The highest BCUT2D eigenvalue weighted by molar-refractivity contribution is 6.18. The van der Waals surface area contributed by atoms with Gasteiger partial charge in [0.25, 0.3) is 5.91 Å². The lowest BCUT2D eigenvalue weighted by molar-refractivity contribution is -0.144. The van der Waals surface area contributed by atoms with E-state index in [9.17, 15) is 22.8 Å². The number of carboxylic acids is 1. The molecule has 1 atom stereocenters. The van der Waals surface area contributed by atoms with Crippen LogP contribution in [-0.4, -0.2) is 28.9 Å². The average Bonchev–Trinajstić information content (AvgIpc) is 2.59. The normalized spacial score (nSPS) is 24.8. The summed E-state index contributed by atoms with van der Waals surface area (Å²) in [5.74, 6) is -3.09. The minimum Gasteiger partial charge on any atom is -0.481 e. The van der Waals surface area contributed by atoms with Crippen molar-refractivity contribution in [2.24, 2.45) is 11.1 Å². The number of amides is 1. The number of hydrogen-bond donors (Lipinski definition) is 3. The highest BCUT2D eigenvalue weighted by atomic mass is 19.4. The fraction of sp³-hybridized carbons (Fsp3) is 0.583. The van der Waals surface area contributed by atoms with E-state index in [1.807, 2.05) is 13.8 Å². The summed E-state index contributed by atoms with van der Waals surface area (Å²) in [6.07, 6.45) is -5.46. The number of nitrogens with two attached hydrogens (primary N) is 1. The van der Waals surface area contributed by atoms with Crippen molar-refractivity contribution in [3.05, 3.63) is 11.1 Å². The molecule has 1 fully saturated rings. The van der Waals surface area contributed by atoms with E-state index in [4.69, 9.17) is 10.5 Å². The average molecular weight is 294 g/mol. The van der Waals surface area contributed by atoms with Gasteiger partial charge in [0.1, 0.15) is 11.0 Å². The van der Waals surface area contributed by atoms with E-state index >= 15 is 0 Å². The van der Waals surface area contributed by atoms with Gasteiger partial charge in [-0.2, -0.15) is 13.2 Å². The molecule has 114 valence electrons. The monoisotopic (exact) mass is 294 g/mol. The van der Waals surface area contributed by atoms with Crippen molar-refractivity contribution < 1.29 is 27.9 Å². The van der Waals surface area contributed by atoms with Crippen molar-refractivity contribution in [2.75, 3.05) is 0 Å². The SMILES string of the molecule is CC.CC1(C(=O)O)CC/C(=C(/C(N)=O)C(F)(F)F)C1=N. The summed E-state index contributed by atoms with van der Waals surface area (Å²) in [5, 5.41) is 16.5. The lowest BCUT2D eigenvalue weighted by Gasteiger charge is -2.18. The van der Waals surface area contributed by atoms with E-state index in [2.05, 4.69) is 5.73 Å². The molecule has 1 aliphatic carbocycles. The Hall–Kier alpha value is -1.86. The lowest BCUT2D eigenvalue weighted by Crippen LogP contribution is -2.34. The molecular weight excluding hydrogens is 277 g/mol. The molecule has 0 radical (unpaired) electrons. The van der Waals surface area contributed by atoms with Crippen LogP contribution < -0.4 is 5.73 Å². The Morgan fingerprint density at radius 2 is 1.80 bits per heavy atom. The molecule has 20 heavy (non-hydrogen) atoms. The van der Waals surface area contributed by atoms with Gasteiger partial charge in [-0.25, -0.2) is 0 Å². The van der Waals surface area contributed by atoms with Gasteiger partial charge < -0.3 is 16.2 Å². The van der Waals surface area contributed by atoms with Crippen LogP contribution >= 0.6 is 0 Å². The predicted octanol–water partition coefficient (Wildman–Crippen LogP) is 2.26. The summed E-state index contributed by atoms with van der Waals surface area (Å²) in [6.45, 7) is 5.15. The summed E-state index contributed by atoms with van der Waals surface area (Å²) in [5.41, 5.74) is 0.00188. The molecule has 1 aliphatic rings. The van der Waals surface area contributed by atoms with Crippen molar-refractivity contribution >= 4 is 17.6 Å². The van der Waals surface area contributed by atoms with Crippen molar-refractivity contribution in [1.29, 1.82) is 5.41 Å². The van der Waals surface area contributed by atoms with Gasteiger partial charge in [-0.15, -0.1) is 0 Å². The number of carbonyl (C=O) groups excluding carboxylic acids is 1. The Morgan fingerprint density at radius 3 is 2.05 bits per heavy atom. The van der Waals surface area contributed by atoms with E-state index in [1.165, 1.54) is 0 Å². The standard InChI is InChI=1S/C10H11F3N2O3.C2H6/c1-9(8(17)18)3-2-4(6(9)14)5(7(15)16)10(11,12)13;1-2/h14H,2-3H2,1H3,(H2,15,16)(H,17,18);1-2H3/b5-4+,14-6?;. The third kappa shape index (κ3) is 3.17. The van der Waals surface area contributed by atoms with E-state index < -0.39 is 40.3 Å². The van der Waals surface area contributed by atoms with Gasteiger partial charge >= 0.3 is 12.1 Å².